The van der Waals surface area contributed by atoms with Crippen LogP contribution in [0.2, 0.25) is 0 Å². The van der Waals surface area contributed by atoms with Crippen molar-refractivity contribution in [2.45, 2.75) is 32.2 Å². The maximum Gasteiger partial charge on any atom is 0.0215 e. The van der Waals surface area contributed by atoms with E-state index in [0.29, 0.717) is 6.04 Å². The van der Waals surface area contributed by atoms with Crippen LogP contribution in [0.5, 0.6) is 0 Å². The predicted molar refractivity (Wildman–Crippen MR) is 63.6 cm³/mol. The van der Waals surface area contributed by atoms with Crippen molar-refractivity contribution in [1.29, 1.82) is 0 Å². The first-order chi connectivity index (χ1) is 6.61. The summed E-state index contributed by atoms with van der Waals surface area (Å²) < 4.78 is 0. The summed E-state index contributed by atoms with van der Waals surface area (Å²) in [5, 5.41) is 0. The van der Waals surface area contributed by atoms with E-state index in [4.69, 9.17) is 5.73 Å². The maximum absolute atomic E-state index is 5.74. The number of hydrogen-bond acceptors (Lipinski definition) is 3. The third kappa shape index (κ3) is 6.35. The van der Waals surface area contributed by atoms with Gasteiger partial charge in [0.2, 0.25) is 0 Å². The normalized spacial score (nSPS) is 13.9. The summed E-state index contributed by atoms with van der Waals surface area (Å²) in [4.78, 5) is 4.62. The molecular formula is C11H27N3. The minimum Gasteiger partial charge on any atom is -0.329 e. The summed E-state index contributed by atoms with van der Waals surface area (Å²) in [6.07, 6.45) is 3.67. The molecule has 2 N–H and O–H groups in total. The Hall–Kier alpha value is -0.120. The van der Waals surface area contributed by atoms with Gasteiger partial charge in [0.1, 0.15) is 0 Å². The van der Waals surface area contributed by atoms with Gasteiger partial charge in [0, 0.05) is 12.6 Å². The van der Waals surface area contributed by atoms with Crippen LogP contribution in [-0.2, 0) is 0 Å². The molecule has 1 atom stereocenters. The van der Waals surface area contributed by atoms with Crippen molar-refractivity contribution < 1.29 is 0 Å². The fraction of sp³-hybridized carbons (Fsp3) is 1.00. The van der Waals surface area contributed by atoms with Crippen molar-refractivity contribution in [2.75, 3.05) is 40.8 Å². The van der Waals surface area contributed by atoms with Crippen LogP contribution in [0.15, 0.2) is 0 Å². The Labute approximate surface area is 89.2 Å². The van der Waals surface area contributed by atoms with E-state index < -0.39 is 0 Å². The number of rotatable bonds is 8. The minimum absolute atomic E-state index is 0.571. The first-order valence-electron chi connectivity index (χ1n) is 5.66. The van der Waals surface area contributed by atoms with Crippen LogP contribution in [-0.4, -0.2) is 56.6 Å². The highest BCUT2D eigenvalue weighted by molar-refractivity contribution is 4.69. The molecule has 0 amide bonds. The van der Waals surface area contributed by atoms with E-state index in [1.54, 1.807) is 0 Å². The fourth-order valence-corrected chi connectivity index (χ4v) is 1.67. The van der Waals surface area contributed by atoms with Gasteiger partial charge < -0.3 is 15.5 Å². The van der Waals surface area contributed by atoms with E-state index in [1.165, 1.54) is 19.3 Å². The molecule has 0 saturated carbocycles. The van der Waals surface area contributed by atoms with Crippen LogP contribution in [0.25, 0.3) is 0 Å². The summed E-state index contributed by atoms with van der Waals surface area (Å²) in [6, 6.07) is 0.571. The Bertz CT molecular complexity index is 126. The highest BCUT2D eigenvalue weighted by Crippen LogP contribution is 2.04. The molecular weight excluding hydrogens is 174 g/mol. The maximum atomic E-state index is 5.74. The molecule has 0 bridgehead atoms. The summed E-state index contributed by atoms with van der Waals surface area (Å²) in [5.74, 6) is 0. The summed E-state index contributed by atoms with van der Waals surface area (Å²) in [6.45, 7) is 5.32. The number of nitrogens with two attached hydrogens (primary N) is 1. The molecule has 86 valence electrons. The Morgan fingerprint density at radius 3 is 2.21 bits per heavy atom. The second-order valence-electron chi connectivity index (χ2n) is 4.32. The van der Waals surface area contributed by atoms with Crippen molar-refractivity contribution in [3.8, 4) is 0 Å². The van der Waals surface area contributed by atoms with Gasteiger partial charge in [-0.25, -0.2) is 0 Å². The molecule has 0 radical (unpaired) electrons. The van der Waals surface area contributed by atoms with Crippen LogP contribution in [0.3, 0.4) is 0 Å². The molecule has 0 aliphatic heterocycles. The van der Waals surface area contributed by atoms with Gasteiger partial charge in [-0.15, -0.1) is 0 Å². The monoisotopic (exact) mass is 201 g/mol. The summed E-state index contributed by atoms with van der Waals surface area (Å²) in [5.41, 5.74) is 5.74. The molecule has 0 aromatic carbocycles. The van der Waals surface area contributed by atoms with Crippen molar-refractivity contribution in [3.63, 3.8) is 0 Å². The average molecular weight is 201 g/mol. The topological polar surface area (TPSA) is 32.5 Å². The molecule has 3 heteroatoms. The molecule has 0 spiro atoms. The zero-order valence-corrected chi connectivity index (χ0v) is 10.3. The molecule has 0 aliphatic rings. The average Bonchev–Trinajstić information content (AvgIpc) is 2.13. The third-order valence-corrected chi connectivity index (χ3v) is 2.63. The fourth-order valence-electron chi connectivity index (χ4n) is 1.67. The minimum atomic E-state index is 0.571. The third-order valence-electron chi connectivity index (χ3n) is 2.63. The molecule has 0 aliphatic carbocycles. The Balaban J connectivity index is 3.63. The largest absolute Gasteiger partial charge is 0.329 e. The summed E-state index contributed by atoms with van der Waals surface area (Å²) >= 11 is 0. The lowest BCUT2D eigenvalue weighted by molar-refractivity contribution is 0.222. The second-order valence-corrected chi connectivity index (χ2v) is 4.32. The highest BCUT2D eigenvalue weighted by Gasteiger charge is 2.10. The smallest absolute Gasteiger partial charge is 0.0215 e. The van der Waals surface area contributed by atoms with E-state index in [-0.39, 0.29) is 0 Å². The molecule has 0 fully saturated rings. The van der Waals surface area contributed by atoms with Crippen LogP contribution in [0.1, 0.15) is 26.2 Å². The van der Waals surface area contributed by atoms with Crippen molar-refractivity contribution in [2.24, 2.45) is 5.73 Å². The molecule has 0 aromatic heterocycles. The standard InChI is InChI=1S/C11H27N3/c1-5-7-11(10-12)14(4)9-6-8-13(2)3/h11H,5-10,12H2,1-4H3. The Morgan fingerprint density at radius 2 is 1.79 bits per heavy atom. The van der Waals surface area contributed by atoms with Gasteiger partial charge >= 0.3 is 0 Å². The van der Waals surface area contributed by atoms with Gasteiger partial charge in [-0.05, 0) is 47.1 Å². The quantitative estimate of drug-likeness (QED) is 0.636. The lowest BCUT2D eigenvalue weighted by Gasteiger charge is -2.27. The lowest BCUT2D eigenvalue weighted by Crippen LogP contribution is -2.39. The molecule has 3 nitrogen and oxygen atoms in total. The van der Waals surface area contributed by atoms with E-state index in [9.17, 15) is 0 Å². The lowest BCUT2D eigenvalue weighted by atomic mass is 10.1. The number of hydrogen-bond donors (Lipinski definition) is 1. The van der Waals surface area contributed by atoms with Crippen LogP contribution < -0.4 is 5.73 Å². The van der Waals surface area contributed by atoms with Gasteiger partial charge in [-0.3, -0.25) is 0 Å². The van der Waals surface area contributed by atoms with Gasteiger partial charge in [0.05, 0.1) is 0 Å². The van der Waals surface area contributed by atoms with Gasteiger partial charge in [-0.1, -0.05) is 13.3 Å². The highest BCUT2D eigenvalue weighted by atomic mass is 15.1. The van der Waals surface area contributed by atoms with Gasteiger partial charge in [-0.2, -0.15) is 0 Å². The van der Waals surface area contributed by atoms with Gasteiger partial charge in [0.25, 0.3) is 0 Å². The Kier molecular flexibility index (Phi) is 8.14. The van der Waals surface area contributed by atoms with Crippen LogP contribution >= 0.6 is 0 Å². The molecule has 0 saturated heterocycles. The second kappa shape index (κ2) is 8.21. The number of likely N-dealkylation sites (N-methyl/N-ethyl adjacent to an activating group) is 1. The molecule has 0 aromatic rings. The van der Waals surface area contributed by atoms with E-state index >= 15 is 0 Å². The van der Waals surface area contributed by atoms with E-state index in [2.05, 4.69) is 37.9 Å². The predicted octanol–water partition coefficient (Wildman–Crippen LogP) is 0.997. The summed E-state index contributed by atoms with van der Waals surface area (Å²) in [7, 11) is 6.42. The number of nitrogens with zero attached hydrogens (tertiary/aromatic N) is 2. The first-order valence-corrected chi connectivity index (χ1v) is 5.66. The Morgan fingerprint density at radius 1 is 1.14 bits per heavy atom. The molecule has 1 unspecified atom stereocenters. The molecule has 14 heavy (non-hydrogen) atoms. The SMILES string of the molecule is CCCC(CN)N(C)CCCN(C)C. The van der Waals surface area contributed by atoms with Crippen LogP contribution in [0, 0.1) is 0 Å². The zero-order chi connectivity index (χ0) is 11.0. The molecule has 0 rings (SSSR count). The van der Waals surface area contributed by atoms with Crippen molar-refractivity contribution >= 4 is 0 Å². The van der Waals surface area contributed by atoms with Crippen LogP contribution in [0.4, 0.5) is 0 Å². The van der Waals surface area contributed by atoms with Gasteiger partial charge in [0.15, 0.2) is 0 Å². The first kappa shape index (κ1) is 13.9. The molecule has 0 heterocycles. The van der Waals surface area contributed by atoms with E-state index in [0.717, 1.165) is 19.6 Å². The van der Waals surface area contributed by atoms with Crippen molar-refractivity contribution in [1.82, 2.24) is 9.80 Å². The van der Waals surface area contributed by atoms with Crippen molar-refractivity contribution in [3.05, 3.63) is 0 Å². The zero-order valence-electron chi connectivity index (χ0n) is 10.3. The van der Waals surface area contributed by atoms with E-state index in [1.807, 2.05) is 0 Å².